The summed E-state index contributed by atoms with van der Waals surface area (Å²) < 4.78 is 16.9. The van der Waals surface area contributed by atoms with E-state index in [1.807, 2.05) is 30.3 Å². The first-order valence-electron chi connectivity index (χ1n) is 10.00. The molecule has 2 heterocycles. The summed E-state index contributed by atoms with van der Waals surface area (Å²) in [4.78, 5) is 24.9. The van der Waals surface area contributed by atoms with Crippen LogP contribution in [-0.2, 0) is 6.42 Å². The van der Waals surface area contributed by atoms with Crippen molar-refractivity contribution in [3.8, 4) is 28.4 Å². The minimum Gasteiger partial charge on any atom is -0.497 e. The Kier molecular flexibility index (Phi) is 6.39. The van der Waals surface area contributed by atoms with Crippen LogP contribution in [0.15, 0.2) is 42.5 Å². The maximum Gasteiger partial charge on any atom is 0.261 e. The smallest absolute Gasteiger partial charge is 0.261 e. The second kappa shape index (κ2) is 9.22. The number of hydrogen-bond acceptors (Lipinski definition) is 6. The highest BCUT2D eigenvalue weighted by Gasteiger charge is 2.27. The van der Waals surface area contributed by atoms with Gasteiger partial charge in [0, 0.05) is 17.5 Å². The molecule has 1 amide bonds. The molecule has 0 bridgehead atoms. The summed E-state index contributed by atoms with van der Waals surface area (Å²) >= 11 is 7.72. The predicted molar refractivity (Wildman–Crippen MR) is 125 cm³/mol. The van der Waals surface area contributed by atoms with E-state index in [0.717, 1.165) is 22.4 Å². The Hall–Kier alpha value is -3.03. The molecule has 1 N–H and O–H groups in total. The SMILES string of the molecule is COc1ccc(OC)c(-c2cc(Cl)c3c(c2)C[C@H](CNC(=O)c2ccc(C(C)=O)s2)O3)c1. The molecule has 0 spiro atoms. The first kappa shape index (κ1) is 22.2. The molecular weight excluding hydrogens is 450 g/mol. The summed E-state index contributed by atoms with van der Waals surface area (Å²) in [6.45, 7) is 1.81. The first-order chi connectivity index (χ1) is 15.4. The van der Waals surface area contributed by atoms with Crippen molar-refractivity contribution in [1.29, 1.82) is 0 Å². The van der Waals surface area contributed by atoms with Gasteiger partial charge in [0.1, 0.15) is 23.4 Å². The summed E-state index contributed by atoms with van der Waals surface area (Å²) in [5, 5.41) is 3.38. The molecule has 2 aromatic carbocycles. The molecule has 1 aromatic heterocycles. The maximum absolute atomic E-state index is 12.4. The van der Waals surface area contributed by atoms with E-state index < -0.39 is 0 Å². The highest BCUT2D eigenvalue weighted by Crippen LogP contribution is 2.42. The summed E-state index contributed by atoms with van der Waals surface area (Å²) in [5.74, 6) is 1.78. The van der Waals surface area contributed by atoms with Gasteiger partial charge in [0.05, 0.1) is 35.5 Å². The van der Waals surface area contributed by atoms with Crippen LogP contribution in [-0.4, -0.2) is 38.6 Å². The zero-order valence-electron chi connectivity index (χ0n) is 17.9. The average Bonchev–Trinajstić information content (AvgIpc) is 3.44. The molecule has 1 aliphatic rings. The molecule has 0 unspecified atom stereocenters. The number of hydrogen-bond donors (Lipinski definition) is 1. The van der Waals surface area contributed by atoms with Gasteiger partial charge in [-0.3, -0.25) is 9.59 Å². The Labute approximate surface area is 195 Å². The summed E-state index contributed by atoms with van der Waals surface area (Å²) in [5.41, 5.74) is 2.73. The Morgan fingerprint density at radius 1 is 1.12 bits per heavy atom. The number of methoxy groups -OCH3 is 2. The number of Topliss-reactive ketones (excluding diaryl/α,β-unsaturated/α-hetero) is 1. The minimum atomic E-state index is -0.235. The van der Waals surface area contributed by atoms with Gasteiger partial charge >= 0.3 is 0 Å². The molecule has 1 aliphatic heterocycles. The van der Waals surface area contributed by atoms with E-state index in [9.17, 15) is 9.59 Å². The van der Waals surface area contributed by atoms with Gasteiger partial charge in [0.15, 0.2) is 5.78 Å². The number of fused-ring (bicyclic) bond motifs is 1. The maximum atomic E-state index is 12.4. The third-order valence-electron chi connectivity index (χ3n) is 5.24. The van der Waals surface area contributed by atoms with Crippen molar-refractivity contribution in [1.82, 2.24) is 5.32 Å². The minimum absolute atomic E-state index is 0.0539. The highest BCUT2D eigenvalue weighted by atomic mass is 35.5. The van der Waals surface area contributed by atoms with Crippen molar-refractivity contribution in [2.45, 2.75) is 19.4 Å². The molecule has 0 saturated carbocycles. The quantitative estimate of drug-likeness (QED) is 0.490. The Bertz CT molecular complexity index is 1190. The Balaban J connectivity index is 1.49. The second-order valence-corrected chi connectivity index (χ2v) is 8.88. The van der Waals surface area contributed by atoms with Gasteiger partial charge < -0.3 is 19.5 Å². The molecule has 6 nitrogen and oxygen atoms in total. The second-order valence-electron chi connectivity index (χ2n) is 7.39. The fourth-order valence-corrected chi connectivity index (χ4v) is 4.74. The fraction of sp³-hybridized carbons (Fsp3) is 0.250. The normalized spacial score (nSPS) is 14.4. The van der Waals surface area contributed by atoms with Gasteiger partial charge in [0.2, 0.25) is 0 Å². The number of rotatable bonds is 7. The van der Waals surface area contributed by atoms with Gasteiger partial charge in [-0.15, -0.1) is 11.3 Å². The van der Waals surface area contributed by atoms with Crippen LogP contribution in [0.2, 0.25) is 5.02 Å². The monoisotopic (exact) mass is 471 g/mol. The Morgan fingerprint density at radius 3 is 2.59 bits per heavy atom. The van der Waals surface area contributed by atoms with Crippen LogP contribution in [0.3, 0.4) is 0 Å². The molecule has 4 rings (SSSR count). The lowest BCUT2D eigenvalue weighted by Gasteiger charge is -2.13. The van der Waals surface area contributed by atoms with Crippen molar-refractivity contribution in [3.05, 3.63) is 62.8 Å². The summed E-state index contributed by atoms with van der Waals surface area (Å²) in [6.07, 6.45) is 0.375. The van der Waals surface area contributed by atoms with E-state index >= 15 is 0 Å². The average molecular weight is 472 g/mol. The van der Waals surface area contributed by atoms with Crippen LogP contribution < -0.4 is 19.5 Å². The Morgan fingerprint density at radius 2 is 1.91 bits per heavy atom. The number of thiophene rings is 1. The number of halogens is 1. The van der Waals surface area contributed by atoms with E-state index in [2.05, 4.69) is 5.32 Å². The molecule has 0 fully saturated rings. The van der Waals surface area contributed by atoms with Gasteiger partial charge in [-0.05, 0) is 55.0 Å². The van der Waals surface area contributed by atoms with Crippen molar-refractivity contribution in [2.75, 3.05) is 20.8 Å². The van der Waals surface area contributed by atoms with Crippen molar-refractivity contribution in [3.63, 3.8) is 0 Å². The van der Waals surface area contributed by atoms with Crippen molar-refractivity contribution < 1.29 is 23.8 Å². The lowest BCUT2D eigenvalue weighted by Crippen LogP contribution is -2.34. The van der Waals surface area contributed by atoms with Crippen LogP contribution in [0.25, 0.3) is 11.1 Å². The van der Waals surface area contributed by atoms with Crippen LogP contribution in [0.1, 0.15) is 31.8 Å². The number of benzene rings is 2. The zero-order valence-corrected chi connectivity index (χ0v) is 19.4. The lowest BCUT2D eigenvalue weighted by molar-refractivity contribution is 0.0937. The van der Waals surface area contributed by atoms with E-state index in [-0.39, 0.29) is 17.8 Å². The number of amides is 1. The molecule has 32 heavy (non-hydrogen) atoms. The van der Waals surface area contributed by atoms with E-state index in [0.29, 0.717) is 39.2 Å². The largest absolute Gasteiger partial charge is 0.497 e. The van der Waals surface area contributed by atoms with Crippen molar-refractivity contribution in [2.24, 2.45) is 0 Å². The van der Waals surface area contributed by atoms with E-state index in [1.54, 1.807) is 26.4 Å². The van der Waals surface area contributed by atoms with Gasteiger partial charge in [0.25, 0.3) is 5.91 Å². The van der Waals surface area contributed by atoms with E-state index in [1.165, 1.54) is 18.3 Å². The standard InChI is InChI=1S/C24H22ClNO5S/c1-13(27)21-6-7-22(32-21)24(28)26-12-17-9-15-8-14(10-19(25)23(15)31-17)18-11-16(29-2)4-5-20(18)30-3/h4-8,10-11,17H,9,12H2,1-3H3,(H,26,28)/t17-/m1/s1. The summed E-state index contributed by atoms with van der Waals surface area (Å²) in [7, 11) is 3.24. The topological polar surface area (TPSA) is 73.9 Å². The molecular formula is C24H22ClNO5S. The highest BCUT2D eigenvalue weighted by molar-refractivity contribution is 7.15. The van der Waals surface area contributed by atoms with Gasteiger partial charge in [-0.2, -0.15) is 0 Å². The van der Waals surface area contributed by atoms with Crippen molar-refractivity contribution >= 4 is 34.6 Å². The molecule has 8 heteroatoms. The molecule has 3 aromatic rings. The third-order valence-corrected chi connectivity index (χ3v) is 6.70. The predicted octanol–water partition coefficient (Wildman–Crippen LogP) is 5.02. The van der Waals surface area contributed by atoms with Crippen LogP contribution in [0, 0.1) is 0 Å². The number of nitrogens with one attached hydrogen (secondary N) is 1. The fourth-order valence-electron chi connectivity index (χ4n) is 3.64. The number of ketones is 1. The number of carbonyl (C=O) groups is 2. The van der Waals surface area contributed by atoms with Crippen LogP contribution in [0.4, 0.5) is 0 Å². The molecule has 0 radical (unpaired) electrons. The van der Waals surface area contributed by atoms with Crippen LogP contribution in [0.5, 0.6) is 17.2 Å². The molecule has 1 atom stereocenters. The number of ether oxygens (including phenoxy) is 3. The molecule has 0 aliphatic carbocycles. The number of carbonyl (C=O) groups excluding carboxylic acids is 2. The van der Waals surface area contributed by atoms with Crippen LogP contribution >= 0.6 is 22.9 Å². The van der Waals surface area contributed by atoms with Gasteiger partial charge in [-0.25, -0.2) is 0 Å². The lowest BCUT2D eigenvalue weighted by atomic mass is 9.99. The molecule has 0 saturated heterocycles. The molecule has 166 valence electrons. The van der Waals surface area contributed by atoms with Gasteiger partial charge in [-0.1, -0.05) is 11.6 Å². The third kappa shape index (κ3) is 4.45. The van der Waals surface area contributed by atoms with E-state index in [4.69, 9.17) is 25.8 Å². The zero-order chi connectivity index (χ0) is 22.8. The first-order valence-corrected chi connectivity index (χ1v) is 11.2. The summed E-state index contributed by atoms with van der Waals surface area (Å²) in [6, 6.07) is 12.8.